The number of nitrogens with two attached hydrogens (primary N) is 1. The predicted octanol–water partition coefficient (Wildman–Crippen LogP) is 2.53. The molecule has 2 saturated carbocycles. The fourth-order valence-corrected chi connectivity index (χ4v) is 4.24. The first-order valence-corrected chi connectivity index (χ1v) is 8.19. The fraction of sp³-hybridized carbons (Fsp3) is 0.500. The number of nitrogens with one attached hydrogen (secondary N) is 1. The Hall–Kier alpha value is -1.36. The maximum Gasteiger partial charge on any atom is 0.244 e. The van der Waals surface area contributed by atoms with Gasteiger partial charge in [0.2, 0.25) is 11.8 Å². The van der Waals surface area contributed by atoms with Crippen molar-refractivity contribution in [2.45, 2.75) is 31.7 Å². The number of carbonyl (C=O) groups excluding carboxylic acids is 2. The lowest BCUT2D eigenvalue weighted by atomic mass is 9.88. The Morgan fingerprint density at radius 3 is 2.67 bits per heavy atom. The number of hydrogen-bond donors (Lipinski definition) is 2. The van der Waals surface area contributed by atoms with E-state index >= 15 is 0 Å². The van der Waals surface area contributed by atoms with Crippen LogP contribution in [0.2, 0.25) is 0 Å². The van der Waals surface area contributed by atoms with Crippen molar-refractivity contribution < 1.29 is 9.59 Å². The Balaban J connectivity index is 1.73. The van der Waals surface area contributed by atoms with Crippen LogP contribution >= 0.6 is 15.9 Å². The third-order valence-corrected chi connectivity index (χ3v) is 5.32. The predicted molar refractivity (Wildman–Crippen MR) is 83.2 cm³/mol. The molecule has 21 heavy (non-hydrogen) atoms. The van der Waals surface area contributed by atoms with Gasteiger partial charge < -0.3 is 11.1 Å². The first-order chi connectivity index (χ1) is 10.0. The molecule has 3 rings (SSSR count). The van der Waals surface area contributed by atoms with Gasteiger partial charge >= 0.3 is 0 Å². The second-order valence-corrected chi connectivity index (χ2v) is 7.10. The van der Waals surface area contributed by atoms with Crippen molar-refractivity contribution in [1.82, 2.24) is 5.32 Å². The molecule has 2 aliphatic carbocycles. The molecule has 2 bridgehead atoms. The van der Waals surface area contributed by atoms with Gasteiger partial charge in [-0.25, -0.2) is 0 Å². The Bertz CT molecular complexity index is 575. The zero-order valence-electron chi connectivity index (χ0n) is 11.7. The van der Waals surface area contributed by atoms with Crippen LogP contribution in [-0.4, -0.2) is 11.8 Å². The van der Waals surface area contributed by atoms with Crippen molar-refractivity contribution in [1.29, 1.82) is 0 Å². The maximum absolute atomic E-state index is 12.5. The van der Waals surface area contributed by atoms with E-state index in [-0.39, 0.29) is 11.8 Å². The van der Waals surface area contributed by atoms with Crippen molar-refractivity contribution in [3.63, 3.8) is 0 Å². The van der Waals surface area contributed by atoms with Crippen LogP contribution in [0.4, 0.5) is 0 Å². The quantitative estimate of drug-likeness (QED) is 0.875. The third kappa shape index (κ3) is 2.98. The van der Waals surface area contributed by atoms with Crippen LogP contribution in [0.15, 0.2) is 28.7 Å². The number of primary amides is 1. The van der Waals surface area contributed by atoms with Crippen molar-refractivity contribution in [3.05, 3.63) is 34.3 Å². The number of rotatable bonds is 4. The molecule has 3 N–H and O–H groups in total. The highest BCUT2D eigenvalue weighted by Gasteiger charge is 2.43. The third-order valence-electron chi connectivity index (χ3n) is 4.83. The van der Waals surface area contributed by atoms with Gasteiger partial charge in [-0.1, -0.05) is 34.5 Å². The fourth-order valence-electron chi connectivity index (χ4n) is 3.82. The van der Waals surface area contributed by atoms with E-state index in [2.05, 4.69) is 21.2 Å². The largest absolute Gasteiger partial charge is 0.368 e. The molecule has 5 heteroatoms. The van der Waals surface area contributed by atoms with E-state index in [4.69, 9.17) is 5.73 Å². The number of halogens is 1. The highest BCUT2D eigenvalue weighted by atomic mass is 79.9. The molecule has 4 atom stereocenters. The summed E-state index contributed by atoms with van der Waals surface area (Å²) in [6.45, 7) is 0. The molecule has 0 aliphatic heterocycles. The Morgan fingerprint density at radius 2 is 2.10 bits per heavy atom. The lowest BCUT2D eigenvalue weighted by molar-refractivity contribution is -0.131. The molecule has 2 aliphatic rings. The van der Waals surface area contributed by atoms with E-state index in [0.29, 0.717) is 17.4 Å². The SMILES string of the molecule is NC(=O)[C@H](NC(=O)[C@H]1C[C@H]2CC[C@H]1C2)c1cccc(Br)c1. The molecular weight excluding hydrogens is 332 g/mol. The van der Waals surface area contributed by atoms with Gasteiger partial charge in [0.1, 0.15) is 6.04 Å². The van der Waals surface area contributed by atoms with Crippen LogP contribution in [0.1, 0.15) is 37.3 Å². The molecule has 2 fully saturated rings. The smallest absolute Gasteiger partial charge is 0.244 e. The van der Waals surface area contributed by atoms with Gasteiger partial charge in [0, 0.05) is 10.4 Å². The molecule has 0 radical (unpaired) electrons. The van der Waals surface area contributed by atoms with E-state index in [1.165, 1.54) is 6.42 Å². The summed E-state index contributed by atoms with van der Waals surface area (Å²) in [7, 11) is 0. The summed E-state index contributed by atoms with van der Waals surface area (Å²) >= 11 is 3.37. The first-order valence-electron chi connectivity index (χ1n) is 7.39. The van der Waals surface area contributed by atoms with Gasteiger partial charge in [0.25, 0.3) is 0 Å². The van der Waals surface area contributed by atoms with Crippen LogP contribution in [-0.2, 0) is 9.59 Å². The minimum Gasteiger partial charge on any atom is -0.368 e. The number of carbonyl (C=O) groups is 2. The lowest BCUT2D eigenvalue weighted by Gasteiger charge is -2.24. The molecule has 0 saturated heterocycles. The minimum absolute atomic E-state index is 0.0222. The molecule has 1 aromatic carbocycles. The monoisotopic (exact) mass is 350 g/mol. The average molecular weight is 351 g/mol. The number of fused-ring (bicyclic) bond motifs is 2. The van der Waals surface area contributed by atoms with Gasteiger partial charge in [-0.3, -0.25) is 9.59 Å². The second kappa shape index (κ2) is 5.79. The zero-order valence-corrected chi connectivity index (χ0v) is 13.3. The van der Waals surface area contributed by atoms with E-state index in [9.17, 15) is 9.59 Å². The van der Waals surface area contributed by atoms with Crippen molar-refractivity contribution in [2.75, 3.05) is 0 Å². The van der Waals surface area contributed by atoms with Crippen LogP contribution in [0.5, 0.6) is 0 Å². The Labute approximate surface area is 132 Å². The van der Waals surface area contributed by atoms with Crippen molar-refractivity contribution in [3.8, 4) is 0 Å². The minimum atomic E-state index is -0.755. The molecule has 0 heterocycles. The average Bonchev–Trinajstić information content (AvgIpc) is 3.06. The molecule has 1 aromatic rings. The van der Waals surface area contributed by atoms with Gasteiger partial charge in [-0.15, -0.1) is 0 Å². The summed E-state index contributed by atoms with van der Waals surface area (Å²) in [5, 5.41) is 2.85. The summed E-state index contributed by atoms with van der Waals surface area (Å²) < 4.78 is 0.862. The topological polar surface area (TPSA) is 72.2 Å². The van der Waals surface area contributed by atoms with E-state index < -0.39 is 11.9 Å². The summed E-state index contributed by atoms with van der Waals surface area (Å²) in [5.74, 6) is 0.697. The summed E-state index contributed by atoms with van der Waals surface area (Å²) in [6, 6.07) is 6.57. The first kappa shape index (κ1) is 14.6. The van der Waals surface area contributed by atoms with Crippen LogP contribution in [0, 0.1) is 17.8 Å². The van der Waals surface area contributed by atoms with E-state index in [1.807, 2.05) is 18.2 Å². The van der Waals surface area contributed by atoms with Gasteiger partial charge in [0.05, 0.1) is 0 Å². The Kier molecular flexibility index (Phi) is 4.02. The van der Waals surface area contributed by atoms with Gasteiger partial charge in [-0.2, -0.15) is 0 Å². The van der Waals surface area contributed by atoms with E-state index in [1.54, 1.807) is 6.07 Å². The van der Waals surface area contributed by atoms with Crippen LogP contribution in [0.3, 0.4) is 0 Å². The number of hydrogen-bond acceptors (Lipinski definition) is 2. The highest BCUT2D eigenvalue weighted by molar-refractivity contribution is 9.10. The Morgan fingerprint density at radius 1 is 1.29 bits per heavy atom. The van der Waals surface area contributed by atoms with Gasteiger partial charge in [0.15, 0.2) is 0 Å². The lowest BCUT2D eigenvalue weighted by Crippen LogP contribution is -2.41. The summed E-state index contributed by atoms with van der Waals surface area (Å²) in [5.41, 5.74) is 6.19. The molecule has 112 valence electrons. The van der Waals surface area contributed by atoms with Crippen molar-refractivity contribution in [2.24, 2.45) is 23.5 Å². The number of amides is 2. The summed E-state index contributed by atoms with van der Waals surface area (Å²) in [4.78, 5) is 24.2. The van der Waals surface area contributed by atoms with Gasteiger partial charge in [-0.05, 0) is 48.8 Å². The molecule has 2 amide bonds. The van der Waals surface area contributed by atoms with Crippen LogP contribution < -0.4 is 11.1 Å². The maximum atomic E-state index is 12.5. The second-order valence-electron chi connectivity index (χ2n) is 6.18. The molecule has 0 aromatic heterocycles. The molecule has 0 spiro atoms. The highest BCUT2D eigenvalue weighted by Crippen LogP contribution is 2.48. The van der Waals surface area contributed by atoms with Crippen LogP contribution in [0.25, 0.3) is 0 Å². The molecular formula is C16H19BrN2O2. The van der Waals surface area contributed by atoms with E-state index in [0.717, 1.165) is 23.7 Å². The van der Waals surface area contributed by atoms with Crippen molar-refractivity contribution >= 4 is 27.7 Å². The normalized spacial score (nSPS) is 28.3. The summed E-state index contributed by atoms with van der Waals surface area (Å²) in [6.07, 6.45) is 4.51. The molecule has 4 nitrogen and oxygen atoms in total. The zero-order chi connectivity index (χ0) is 15.0. The number of benzene rings is 1. The standard InChI is InChI=1S/C16H19BrN2O2/c17-12-3-1-2-11(8-12)14(15(18)20)19-16(21)13-7-9-4-5-10(13)6-9/h1-3,8-10,13-14H,4-7H2,(H2,18,20)(H,19,21)/t9-,10-,13-,14+/m0/s1. The molecule has 0 unspecified atom stereocenters.